The molecule has 3 rings (SSSR count). The fourth-order valence-corrected chi connectivity index (χ4v) is 2.57. The van der Waals surface area contributed by atoms with E-state index in [9.17, 15) is 4.79 Å². The lowest BCUT2D eigenvalue weighted by Crippen LogP contribution is -2.28. The Bertz CT molecular complexity index is 887. The molecule has 138 valence electrons. The topological polar surface area (TPSA) is 79.0 Å². The molecule has 0 aliphatic rings. The van der Waals surface area contributed by atoms with Gasteiger partial charge >= 0.3 is 6.03 Å². The molecule has 0 aliphatic carbocycles. The maximum absolute atomic E-state index is 11.9. The van der Waals surface area contributed by atoms with Crippen molar-refractivity contribution in [3.8, 4) is 5.75 Å². The Morgan fingerprint density at radius 2 is 2.07 bits per heavy atom. The number of imidazole rings is 1. The number of ether oxygens (including phenoxy) is 1. The van der Waals surface area contributed by atoms with E-state index in [0.717, 1.165) is 17.7 Å². The first-order valence-electron chi connectivity index (χ1n) is 8.64. The van der Waals surface area contributed by atoms with Crippen LogP contribution in [0.2, 0.25) is 0 Å². The van der Waals surface area contributed by atoms with Crippen molar-refractivity contribution in [1.82, 2.24) is 15.3 Å². The molecule has 6 nitrogen and oxygen atoms in total. The summed E-state index contributed by atoms with van der Waals surface area (Å²) in [5.74, 6) is 0.698. The molecule has 6 heteroatoms. The smallest absolute Gasteiger partial charge is 0.319 e. The van der Waals surface area contributed by atoms with Crippen molar-refractivity contribution >= 4 is 17.8 Å². The summed E-state index contributed by atoms with van der Waals surface area (Å²) < 4.78 is 5.13. The van der Waals surface area contributed by atoms with Gasteiger partial charge in [0.15, 0.2) is 0 Å². The van der Waals surface area contributed by atoms with Crippen molar-refractivity contribution in [2.75, 3.05) is 19.0 Å². The van der Waals surface area contributed by atoms with Crippen LogP contribution in [-0.4, -0.2) is 29.7 Å². The highest BCUT2D eigenvalue weighted by molar-refractivity contribution is 5.89. The third-order valence-corrected chi connectivity index (χ3v) is 3.95. The van der Waals surface area contributed by atoms with Crippen LogP contribution in [0.5, 0.6) is 5.75 Å². The van der Waals surface area contributed by atoms with E-state index in [2.05, 4.69) is 44.9 Å². The molecule has 0 saturated carbocycles. The molecule has 2 aromatic carbocycles. The van der Waals surface area contributed by atoms with Gasteiger partial charge in [0.2, 0.25) is 0 Å². The molecule has 3 N–H and O–H groups in total. The number of carbonyl (C=O) groups is 1. The van der Waals surface area contributed by atoms with E-state index in [1.807, 2.05) is 36.5 Å². The molecule has 1 heterocycles. The SMILES string of the molecule is COc1cccc(NC(=O)NC/C=C/c2ccc(Cc3cnc[nH]3)cc2)c1. The molecule has 0 aliphatic heterocycles. The molecule has 0 fully saturated rings. The molecule has 0 bridgehead atoms. The molecular formula is C21H22N4O2. The van der Waals surface area contributed by atoms with Crippen molar-refractivity contribution in [3.63, 3.8) is 0 Å². The predicted molar refractivity (Wildman–Crippen MR) is 107 cm³/mol. The van der Waals surface area contributed by atoms with Crippen LogP contribution in [-0.2, 0) is 6.42 Å². The first-order chi connectivity index (χ1) is 13.2. The lowest BCUT2D eigenvalue weighted by Gasteiger charge is -2.07. The number of hydrogen-bond acceptors (Lipinski definition) is 3. The Morgan fingerprint density at radius 3 is 2.81 bits per heavy atom. The zero-order valence-corrected chi connectivity index (χ0v) is 15.1. The Kier molecular flexibility index (Phi) is 6.25. The lowest BCUT2D eigenvalue weighted by molar-refractivity contribution is 0.253. The van der Waals surface area contributed by atoms with Gasteiger partial charge in [-0.25, -0.2) is 9.78 Å². The second-order valence-electron chi connectivity index (χ2n) is 5.96. The number of carbonyl (C=O) groups excluding carboxylic acids is 1. The summed E-state index contributed by atoms with van der Waals surface area (Å²) in [5.41, 5.74) is 4.07. The standard InChI is InChI=1S/C21H22N4O2/c1-27-20-6-2-5-18(13-20)25-21(26)23-11-3-4-16-7-9-17(10-8-16)12-19-14-22-15-24-19/h2-10,13-15H,11-12H2,1H3,(H,22,24)(H2,23,25,26)/b4-3+. The minimum Gasteiger partial charge on any atom is -0.497 e. The summed E-state index contributed by atoms with van der Waals surface area (Å²) in [6.45, 7) is 0.436. The van der Waals surface area contributed by atoms with Crippen molar-refractivity contribution < 1.29 is 9.53 Å². The number of rotatable bonds is 7. The summed E-state index contributed by atoms with van der Waals surface area (Å²) in [6.07, 6.45) is 8.23. The first kappa shape index (κ1) is 18.3. The lowest BCUT2D eigenvalue weighted by atomic mass is 10.1. The summed E-state index contributed by atoms with van der Waals surface area (Å²) in [7, 11) is 1.59. The summed E-state index contributed by atoms with van der Waals surface area (Å²) in [6, 6.07) is 15.2. The maximum Gasteiger partial charge on any atom is 0.319 e. The van der Waals surface area contributed by atoms with E-state index in [1.54, 1.807) is 19.5 Å². The number of aromatic nitrogens is 2. The molecule has 2 amide bonds. The number of nitrogens with zero attached hydrogens (tertiary/aromatic N) is 1. The third kappa shape index (κ3) is 5.74. The van der Waals surface area contributed by atoms with Crippen LogP contribution in [0.3, 0.4) is 0 Å². The van der Waals surface area contributed by atoms with Crippen LogP contribution in [0.1, 0.15) is 16.8 Å². The van der Waals surface area contributed by atoms with Crippen molar-refractivity contribution in [3.05, 3.63) is 84.0 Å². The van der Waals surface area contributed by atoms with E-state index >= 15 is 0 Å². The van der Waals surface area contributed by atoms with Gasteiger partial charge in [0.1, 0.15) is 5.75 Å². The molecule has 27 heavy (non-hydrogen) atoms. The van der Waals surface area contributed by atoms with E-state index < -0.39 is 0 Å². The van der Waals surface area contributed by atoms with Gasteiger partial charge in [0.05, 0.1) is 13.4 Å². The Balaban J connectivity index is 1.44. The second-order valence-corrected chi connectivity index (χ2v) is 5.96. The summed E-state index contributed by atoms with van der Waals surface area (Å²) in [5, 5.41) is 5.56. The van der Waals surface area contributed by atoms with E-state index in [1.165, 1.54) is 5.56 Å². The van der Waals surface area contributed by atoms with Crippen LogP contribution in [0.4, 0.5) is 10.5 Å². The van der Waals surface area contributed by atoms with Gasteiger partial charge in [0, 0.05) is 36.6 Å². The number of nitrogens with one attached hydrogen (secondary N) is 3. The van der Waals surface area contributed by atoms with Crippen molar-refractivity contribution in [2.45, 2.75) is 6.42 Å². The van der Waals surface area contributed by atoms with Crippen LogP contribution in [0.15, 0.2) is 67.1 Å². The molecule has 0 spiro atoms. The Labute approximate surface area is 158 Å². The number of aromatic amines is 1. The highest BCUT2D eigenvalue weighted by atomic mass is 16.5. The van der Waals surface area contributed by atoms with Crippen molar-refractivity contribution in [1.29, 1.82) is 0 Å². The molecule has 1 aromatic heterocycles. The number of amides is 2. The van der Waals surface area contributed by atoms with Gasteiger partial charge in [-0.15, -0.1) is 0 Å². The summed E-state index contributed by atoms with van der Waals surface area (Å²) >= 11 is 0. The Morgan fingerprint density at radius 1 is 1.22 bits per heavy atom. The number of urea groups is 1. The third-order valence-electron chi connectivity index (χ3n) is 3.95. The zero-order chi connectivity index (χ0) is 18.9. The molecule has 0 unspecified atom stereocenters. The van der Waals surface area contributed by atoms with Gasteiger partial charge in [-0.05, 0) is 23.3 Å². The molecular weight excluding hydrogens is 340 g/mol. The highest BCUT2D eigenvalue weighted by Crippen LogP contribution is 2.16. The minimum atomic E-state index is -0.261. The van der Waals surface area contributed by atoms with Crippen LogP contribution in [0, 0.1) is 0 Å². The normalized spacial score (nSPS) is 10.7. The van der Waals surface area contributed by atoms with Gasteiger partial charge < -0.3 is 20.4 Å². The fraction of sp³-hybridized carbons (Fsp3) is 0.143. The van der Waals surface area contributed by atoms with Crippen LogP contribution < -0.4 is 15.4 Å². The zero-order valence-electron chi connectivity index (χ0n) is 15.1. The fourth-order valence-electron chi connectivity index (χ4n) is 2.57. The van der Waals surface area contributed by atoms with Gasteiger partial charge in [0.25, 0.3) is 0 Å². The van der Waals surface area contributed by atoms with Crippen molar-refractivity contribution in [2.24, 2.45) is 0 Å². The number of hydrogen-bond donors (Lipinski definition) is 3. The van der Waals surface area contributed by atoms with Gasteiger partial charge in [-0.3, -0.25) is 0 Å². The average molecular weight is 362 g/mol. The number of anilines is 1. The van der Waals surface area contributed by atoms with E-state index in [4.69, 9.17) is 4.74 Å². The minimum absolute atomic E-state index is 0.261. The second kappa shape index (κ2) is 9.24. The molecule has 0 radical (unpaired) electrons. The summed E-state index contributed by atoms with van der Waals surface area (Å²) in [4.78, 5) is 19.0. The predicted octanol–water partition coefficient (Wildman–Crippen LogP) is 3.84. The molecule has 3 aromatic rings. The largest absolute Gasteiger partial charge is 0.497 e. The quantitative estimate of drug-likeness (QED) is 0.597. The molecule has 0 atom stereocenters. The molecule has 0 saturated heterocycles. The van der Waals surface area contributed by atoms with Crippen LogP contribution >= 0.6 is 0 Å². The van der Waals surface area contributed by atoms with E-state index in [0.29, 0.717) is 18.0 Å². The van der Waals surface area contributed by atoms with Gasteiger partial charge in [-0.1, -0.05) is 42.5 Å². The van der Waals surface area contributed by atoms with Gasteiger partial charge in [-0.2, -0.15) is 0 Å². The first-order valence-corrected chi connectivity index (χ1v) is 8.64. The van der Waals surface area contributed by atoms with Crippen LogP contribution in [0.25, 0.3) is 6.08 Å². The van der Waals surface area contributed by atoms with E-state index in [-0.39, 0.29) is 6.03 Å². The highest BCUT2D eigenvalue weighted by Gasteiger charge is 2.01. The number of methoxy groups -OCH3 is 1. The Hall–Kier alpha value is -3.54. The monoisotopic (exact) mass is 362 g/mol. The maximum atomic E-state index is 11.9. The average Bonchev–Trinajstić information content (AvgIpc) is 3.20. The number of benzene rings is 2. The number of H-pyrrole nitrogens is 1.